The molecule has 0 aliphatic carbocycles. The van der Waals surface area contributed by atoms with Crippen LogP contribution in [0.4, 0.5) is 5.69 Å². The Morgan fingerprint density at radius 3 is 2.83 bits per heavy atom. The standard InChI is InChI=1S/C21H16ClN3O3S/c22-17-5-2-1-4-14(17)11-25-12-15(7-8-20(25)27)23-19(26)10-16-13-29-21(24-16)18-6-3-9-28-18/h1-9,12-13H,10-11H2,(H,23,26). The number of hydrogen-bond acceptors (Lipinski definition) is 5. The number of pyridine rings is 1. The molecule has 4 aromatic rings. The number of carbonyl (C=O) groups is 1. The van der Waals surface area contributed by atoms with Gasteiger partial charge in [0.15, 0.2) is 10.8 Å². The van der Waals surface area contributed by atoms with E-state index in [9.17, 15) is 9.59 Å². The second kappa shape index (κ2) is 8.46. The summed E-state index contributed by atoms with van der Waals surface area (Å²) < 4.78 is 6.83. The summed E-state index contributed by atoms with van der Waals surface area (Å²) in [7, 11) is 0. The van der Waals surface area contributed by atoms with Gasteiger partial charge >= 0.3 is 0 Å². The van der Waals surface area contributed by atoms with E-state index < -0.39 is 0 Å². The normalized spacial score (nSPS) is 10.8. The zero-order chi connectivity index (χ0) is 20.2. The lowest BCUT2D eigenvalue weighted by Gasteiger charge is -2.10. The van der Waals surface area contributed by atoms with E-state index in [4.69, 9.17) is 16.0 Å². The van der Waals surface area contributed by atoms with Gasteiger partial charge in [-0.15, -0.1) is 11.3 Å². The summed E-state index contributed by atoms with van der Waals surface area (Å²) >= 11 is 7.60. The zero-order valence-electron chi connectivity index (χ0n) is 15.2. The third-order valence-electron chi connectivity index (χ3n) is 4.19. The van der Waals surface area contributed by atoms with E-state index in [1.165, 1.54) is 22.0 Å². The Hall–Kier alpha value is -3.16. The van der Waals surface area contributed by atoms with Crippen molar-refractivity contribution < 1.29 is 9.21 Å². The van der Waals surface area contributed by atoms with Gasteiger partial charge in [0, 0.05) is 22.7 Å². The summed E-state index contributed by atoms with van der Waals surface area (Å²) in [6.07, 6.45) is 3.32. The van der Waals surface area contributed by atoms with Crippen LogP contribution in [-0.2, 0) is 17.8 Å². The van der Waals surface area contributed by atoms with E-state index in [1.54, 1.807) is 30.7 Å². The molecule has 1 N–H and O–H groups in total. The average Bonchev–Trinajstić information content (AvgIpc) is 3.38. The van der Waals surface area contributed by atoms with Gasteiger partial charge in [0.25, 0.3) is 5.56 Å². The highest BCUT2D eigenvalue weighted by Gasteiger charge is 2.11. The number of furan rings is 1. The number of nitrogens with one attached hydrogen (secondary N) is 1. The summed E-state index contributed by atoms with van der Waals surface area (Å²) in [6, 6.07) is 14.0. The van der Waals surface area contributed by atoms with Crippen molar-refractivity contribution in [1.29, 1.82) is 0 Å². The molecule has 146 valence electrons. The van der Waals surface area contributed by atoms with Gasteiger partial charge < -0.3 is 14.3 Å². The van der Waals surface area contributed by atoms with E-state index in [2.05, 4.69) is 10.3 Å². The summed E-state index contributed by atoms with van der Waals surface area (Å²) in [5.41, 5.74) is 1.84. The molecule has 0 unspecified atom stereocenters. The molecule has 0 saturated heterocycles. The SMILES string of the molecule is O=C(Cc1csc(-c2ccco2)n1)Nc1ccc(=O)n(Cc2ccccc2Cl)c1. The Balaban J connectivity index is 1.45. The van der Waals surface area contributed by atoms with Gasteiger partial charge in [-0.2, -0.15) is 0 Å². The Kier molecular flexibility index (Phi) is 5.59. The van der Waals surface area contributed by atoms with Crippen molar-refractivity contribution in [1.82, 2.24) is 9.55 Å². The number of rotatable bonds is 6. The highest BCUT2D eigenvalue weighted by molar-refractivity contribution is 7.13. The number of anilines is 1. The van der Waals surface area contributed by atoms with Gasteiger partial charge in [-0.1, -0.05) is 29.8 Å². The van der Waals surface area contributed by atoms with E-state index in [-0.39, 0.29) is 17.9 Å². The van der Waals surface area contributed by atoms with E-state index in [0.717, 1.165) is 10.6 Å². The highest BCUT2D eigenvalue weighted by Crippen LogP contribution is 2.24. The molecule has 0 aliphatic heterocycles. The van der Waals surface area contributed by atoms with Gasteiger partial charge in [-0.3, -0.25) is 9.59 Å². The molecule has 0 atom stereocenters. The number of benzene rings is 1. The topological polar surface area (TPSA) is 77.1 Å². The van der Waals surface area contributed by atoms with Crippen LogP contribution in [0.2, 0.25) is 5.02 Å². The second-order valence-corrected chi connectivity index (χ2v) is 7.59. The molecular formula is C21H16ClN3O3S. The van der Waals surface area contributed by atoms with Crippen molar-refractivity contribution in [3.05, 3.63) is 93.0 Å². The fraction of sp³-hybridized carbons (Fsp3) is 0.0952. The summed E-state index contributed by atoms with van der Waals surface area (Å²) in [6.45, 7) is 0.320. The van der Waals surface area contributed by atoms with Crippen molar-refractivity contribution in [2.75, 3.05) is 5.32 Å². The van der Waals surface area contributed by atoms with E-state index >= 15 is 0 Å². The Morgan fingerprint density at radius 1 is 1.17 bits per heavy atom. The quantitative estimate of drug-likeness (QED) is 0.495. The molecule has 8 heteroatoms. The van der Waals surface area contributed by atoms with Crippen molar-refractivity contribution in [3.63, 3.8) is 0 Å². The smallest absolute Gasteiger partial charge is 0.250 e. The van der Waals surface area contributed by atoms with Gasteiger partial charge in [-0.25, -0.2) is 4.98 Å². The molecule has 6 nitrogen and oxygen atoms in total. The minimum absolute atomic E-state index is 0.126. The maximum Gasteiger partial charge on any atom is 0.250 e. The van der Waals surface area contributed by atoms with Gasteiger partial charge in [-0.05, 0) is 29.8 Å². The number of nitrogens with zero attached hydrogens (tertiary/aromatic N) is 2. The van der Waals surface area contributed by atoms with Crippen LogP contribution in [0.5, 0.6) is 0 Å². The molecule has 3 aromatic heterocycles. The van der Waals surface area contributed by atoms with Crippen LogP contribution < -0.4 is 10.9 Å². The summed E-state index contributed by atoms with van der Waals surface area (Å²) in [5, 5.41) is 5.96. The fourth-order valence-corrected chi connectivity index (χ4v) is 3.79. The molecule has 0 saturated carbocycles. The van der Waals surface area contributed by atoms with Crippen molar-refractivity contribution in [3.8, 4) is 10.8 Å². The predicted molar refractivity (Wildman–Crippen MR) is 113 cm³/mol. The van der Waals surface area contributed by atoms with Gasteiger partial charge in [0.2, 0.25) is 5.91 Å². The number of amides is 1. The number of thiazole rings is 1. The van der Waals surface area contributed by atoms with E-state index in [1.807, 2.05) is 29.6 Å². The van der Waals surface area contributed by atoms with Crippen LogP contribution in [0.25, 0.3) is 10.8 Å². The largest absolute Gasteiger partial charge is 0.462 e. The average molecular weight is 426 g/mol. The third-order valence-corrected chi connectivity index (χ3v) is 5.47. The Morgan fingerprint density at radius 2 is 2.03 bits per heavy atom. The first kappa shape index (κ1) is 19.2. The minimum atomic E-state index is -0.218. The minimum Gasteiger partial charge on any atom is -0.462 e. The number of hydrogen-bond donors (Lipinski definition) is 1. The van der Waals surface area contributed by atoms with Crippen LogP contribution in [0, 0.1) is 0 Å². The van der Waals surface area contributed by atoms with Crippen molar-refractivity contribution >= 4 is 34.5 Å². The fourth-order valence-electron chi connectivity index (χ4n) is 2.81. The van der Waals surface area contributed by atoms with Gasteiger partial charge in [0.1, 0.15) is 0 Å². The van der Waals surface area contributed by atoms with Crippen LogP contribution in [0.3, 0.4) is 0 Å². The number of aromatic nitrogens is 2. The van der Waals surface area contributed by atoms with Crippen LogP contribution in [0.15, 0.2) is 75.6 Å². The molecular weight excluding hydrogens is 410 g/mol. The van der Waals surface area contributed by atoms with Crippen molar-refractivity contribution in [2.24, 2.45) is 0 Å². The first-order valence-electron chi connectivity index (χ1n) is 8.80. The van der Waals surface area contributed by atoms with Crippen molar-refractivity contribution in [2.45, 2.75) is 13.0 Å². The number of carbonyl (C=O) groups excluding carboxylic acids is 1. The third kappa shape index (κ3) is 4.64. The first-order valence-corrected chi connectivity index (χ1v) is 10.1. The maximum atomic E-state index is 12.4. The number of halogens is 1. The molecule has 0 bridgehead atoms. The molecule has 1 aromatic carbocycles. The van der Waals surface area contributed by atoms with Crippen LogP contribution in [-0.4, -0.2) is 15.5 Å². The zero-order valence-corrected chi connectivity index (χ0v) is 16.7. The molecule has 1 amide bonds. The molecule has 0 radical (unpaired) electrons. The lowest BCUT2D eigenvalue weighted by Crippen LogP contribution is -2.21. The summed E-state index contributed by atoms with van der Waals surface area (Å²) in [5.74, 6) is 0.456. The maximum absolute atomic E-state index is 12.4. The Labute approximate surface area is 175 Å². The molecule has 3 heterocycles. The molecule has 0 fully saturated rings. The van der Waals surface area contributed by atoms with Crippen LogP contribution in [0.1, 0.15) is 11.3 Å². The lowest BCUT2D eigenvalue weighted by atomic mass is 10.2. The second-order valence-electron chi connectivity index (χ2n) is 6.32. The molecule has 4 rings (SSSR count). The highest BCUT2D eigenvalue weighted by atomic mass is 35.5. The lowest BCUT2D eigenvalue weighted by molar-refractivity contribution is -0.115. The van der Waals surface area contributed by atoms with Crippen LogP contribution >= 0.6 is 22.9 Å². The predicted octanol–water partition coefficient (Wildman–Crippen LogP) is 4.45. The summed E-state index contributed by atoms with van der Waals surface area (Å²) in [4.78, 5) is 29.0. The first-order chi connectivity index (χ1) is 14.1. The molecule has 29 heavy (non-hydrogen) atoms. The van der Waals surface area contributed by atoms with E-state index in [0.29, 0.717) is 28.7 Å². The van der Waals surface area contributed by atoms with Gasteiger partial charge in [0.05, 0.1) is 30.6 Å². The molecule has 0 aliphatic rings. The molecule has 0 spiro atoms. The monoisotopic (exact) mass is 425 g/mol. The Bertz CT molecular complexity index is 1200.